The van der Waals surface area contributed by atoms with Gasteiger partial charge in [-0.1, -0.05) is 54.6 Å². The summed E-state index contributed by atoms with van der Waals surface area (Å²) in [5, 5.41) is 0. The number of nitrogens with zero attached hydrogens (tertiary/aromatic N) is 1. The summed E-state index contributed by atoms with van der Waals surface area (Å²) in [4.78, 5) is 11.5. The molecule has 0 amide bonds. The minimum absolute atomic E-state index is 0.225. The summed E-state index contributed by atoms with van der Waals surface area (Å²) < 4.78 is 31.7. The van der Waals surface area contributed by atoms with Crippen molar-refractivity contribution in [3.05, 3.63) is 78.4 Å². The normalized spacial score (nSPS) is 11.8. The highest BCUT2D eigenvalue weighted by Crippen LogP contribution is 2.26. The van der Waals surface area contributed by atoms with Crippen LogP contribution in [0.1, 0.15) is 12.5 Å². The summed E-state index contributed by atoms with van der Waals surface area (Å²) in [6.45, 7) is 2.05. The monoisotopic (exact) mass is 371 g/mol. The molecule has 0 saturated carbocycles. The fraction of sp³-hybridized carbons (Fsp3) is 0.150. The second kappa shape index (κ2) is 9.01. The molecule has 0 bridgehead atoms. The van der Waals surface area contributed by atoms with Crippen LogP contribution in [-0.2, 0) is 19.6 Å². The van der Waals surface area contributed by atoms with Crippen molar-refractivity contribution < 1.29 is 17.9 Å². The molecule has 0 aromatic heterocycles. The Morgan fingerprint density at radius 1 is 1.04 bits per heavy atom. The van der Waals surface area contributed by atoms with E-state index in [0.717, 1.165) is 0 Å². The largest absolute Gasteiger partial charge is 0.463 e. The van der Waals surface area contributed by atoms with Crippen LogP contribution >= 0.6 is 0 Å². The third kappa shape index (κ3) is 4.83. The number of benzene rings is 2. The summed E-state index contributed by atoms with van der Waals surface area (Å²) >= 11 is 0. The first-order valence-electron chi connectivity index (χ1n) is 8.11. The minimum Gasteiger partial charge on any atom is -0.463 e. The van der Waals surface area contributed by atoms with Gasteiger partial charge in [0.1, 0.15) is 0 Å². The molecule has 2 rings (SSSR count). The van der Waals surface area contributed by atoms with Crippen LogP contribution in [0.15, 0.2) is 77.7 Å². The third-order valence-corrected chi connectivity index (χ3v) is 5.37. The van der Waals surface area contributed by atoms with Crippen molar-refractivity contribution in [3.63, 3.8) is 0 Å². The van der Waals surface area contributed by atoms with Crippen LogP contribution in [0.4, 0.5) is 5.69 Å². The van der Waals surface area contributed by atoms with Gasteiger partial charge in [-0.3, -0.25) is 4.31 Å². The van der Waals surface area contributed by atoms with Gasteiger partial charge in [0.05, 0.1) is 17.2 Å². The van der Waals surface area contributed by atoms with Crippen LogP contribution in [0.5, 0.6) is 0 Å². The smallest absolute Gasteiger partial charge is 0.330 e. The van der Waals surface area contributed by atoms with Gasteiger partial charge in [-0.2, -0.15) is 0 Å². The zero-order valence-electron chi connectivity index (χ0n) is 14.7. The standard InChI is InChI=1S/C20H21NO4S/c1-3-25-20(22)16-10-8-12-17-11-7-9-15-19(17)21(2)26(23,24)18-13-5-4-6-14-18/h4-16H,3H2,1-2H3/b12-8+,16-10+. The van der Waals surface area contributed by atoms with Gasteiger partial charge in [0.15, 0.2) is 0 Å². The van der Waals surface area contributed by atoms with Crippen molar-refractivity contribution in [1.82, 2.24) is 0 Å². The van der Waals surface area contributed by atoms with Gasteiger partial charge in [0, 0.05) is 13.1 Å². The SMILES string of the molecule is CCOC(=O)/C=C/C=C/c1ccccc1N(C)S(=O)(=O)c1ccccc1. The first-order valence-corrected chi connectivity index (χ1v) is 9.55. The van der Waals surface area contributed by atoms with E-state index >= 15 is 0 Å². The molecular weight excluding hydrogens is 350 g/mol. The Hall–Kier alpha value is -2.86. The average molecular weight is 371 g/mol. The number of esters is 1. The van der Waals surface area contributed by atoms with Gasteiger partial charge >= 0.3 is 5.97 Å². The number of sulfonamides is 1. The molecule has 2 aromatic rings. The van der Waals surface area contributed by atoms with Crippen LogP contribution in [-0.4, -0.2) is 28.0 Å². The average Bonchev–Trinajstić information content (AvgIpc) is 2.66. The Bertz CT molecular complexity index is 902. The first-order chi connectivity index (χ1) is 12.5. The molecule has 136 valence electrons. The third-order valence-electron chi connectivity index (χ3n) is 3.58. The van der Waals surface area contributed by atoms with Gasteiger partial charge < -0.3 is 4.74 Å². The predicted molar refractivity (Wildman–Crippen MR) is 103 cm³/mol. The fourth-order valence-corrected chi connectivity index (χ4v) is 3.52. The Balaban J connectivity index is 2.27. The topological polar surface area (TPSA) is 63.7 Å². The second-order valence-corrected chi connectivity index (χ2v) is 7.28. The van der Waals surface area contributed by atoms with E-state index in [4.69, 9.17) is 4.74 Å². The predicted octanol–water partition coefficient (Wildman–Crippen LogP) is 3.64. The maximum atomic E-state index is 12.8. The molecule has 0 unspecified atom stereocenters. The Kier molecular flexibility index (Phi) is 6.74. The van der Waals surface area contributed by atoms with E-state index in [-0.39, 0.29) is 4.90 Å². The summed E-state index contributed by atoms with van der Waals surface area (Å²) in [5.41, 5.74) is 1.25. The molecule has 26 heavy (non-hydrogen) atoms. The van der Waals surface area contributed by atoms with Crippen LogP contribution in [0, 0.1) is 0 Å². The van der Waals surface area contributed by atoms with Crippen LogP contribution in [0.25, 0.3) is 6.08 Å². The molecule has 0 spiro atoms. The molecule has 0 radical (unpaired) electrons. The summed E-state index contributed by atoms with van der Waals surface area (Å²) in [6.07, 6.45) is 6.27. The van der Waals surface area contributed by atoms with Crippen molar-refractivity contribution in [1.29, 1.82) is 0 Å². The molecule has 0 aliphatic heterocycles. The van der Waals surface area contributed by atoms with E-state index in [1.54, 1.807) is 73.7 Å². The van der Waals surface area contributed by atoms with Crippen LogP contribution in [0.2, 0.25) is 0 Å². The number of anilines is 1. The lowest BCUT2D eigenvalue weighted by Crippen LogP contribution is -2.27. The van der Waals surface area contributed by atoms with Crippen molar-refractivity contribution in [2.24, 2.45) is 0 Å². The number of rotatable bonds is 7. The van der Waals surface area contributed by atoms with E-state index in [0.29, 0.717) is 17.9 Å². The Labute approximate surface area is 154 Å². The maximum absolute atomic E-state index is 12.8. The highest BCUT2D eigenvalue weighted by molar-refractivity contribution is 7.92. The molecule has 0 aliphatic rings. The van der Waals surface area contributed by atoms with E-state index in [1.165, 1.54) is 17.4 Å². The number of allylic oxidation sites excluding steroid dienone is 2. The highest BCUT2D eigenvalue weighted by atomic mass is 32.2. The zero-order chi connectivity index (χ0) is 19.0. The van der Waals surface area contributed by atoms with Crippen LogP contribution < -0.4 is 4.31 Å². The van der Waals surface area contributed by atoms with E-state index in [2.05, 4.69) is 0 Å². The second-order valence-electron chi connectivity index (χ2n) is 5.31. The van der Waals surface area contributed by atoms with Gasteiger partial charge in [-0.25, -0.2) is 13.2 Å². The van der Waals surface area contributed by atoms with E-state index < -0.39 is 16.0 Å². The summed E-state index contributed by atoms with van der Waals surface area (Å²) in [6, 6.07) is 15.4. The van der Waals surface area contributed by atoms with Gasteiger partial charge in [-0.15, -0.1) is 0 Å². The highest BCUT2D eigenvalue weighted by Gasteiger charge is 2.22. The molecule has 0 heterocycles. The van der Waals surface area contributed by atoms with E-state index in [9.17, 15) is 13.2 Å². The molecule has 0 aliphatic carbocycles. The lowest BCUT2D eigenvalue weighted by atomic mass is 10.1. The first kappa shape index (κ1) is 19.5. The van der Waals surface area contributed by atoms with E-state index in [1.807, 2.05) is 6.07 Å². The molecule has 0 fully saturated rings. The molecular formula is C20H21NO4S. The summed E-state index contributed by atoms with van der Waals surface area (Å²) in [5.74, 6) is -0.422. The molecule has 2 aromatic carbocycles. The van der Waals surface area contributed by atoms with Crippen LogP contribution in [0.3, 0.4) is 0 Å². The lowest BCUT2D eigenvalue weighted by molar-refractivity contribution is -0.137. The number of hydrogen-bond donors (Lipinski definition) is 0. The fourth-order valence-electron chi connectivity index (χ4n) is 2.28. The maximum Gasteiger partial charge on any atom is 0.330 e. The quantitative estimate of drug-likeness (QED) is 0.423. The molecule has 0 N–H and O–H groups in total. The molecule has 5 nitrogen and oxygen atoms in total. The van der Waals surface area contributed by atoms with Crippen molar-refractivity contribution >= 4 is 27.8 Å². The van der Waals surface area contributed by atoms with Gasteiger partial charge in [0.2, 0.25) is 0 Å². The molecule has 6 heteroatoms. The Morgan fingerprint density at radius 2 is 1.69 bits per heavy atom. The summed E-state index contributed by atoms with van der Waals surface area (Å²) in [7, 11) is -2.14. The number of hydrogen-bond acceptors (Lipinski definition) is 4. The van der Waals surface area contributed by atoms with Crippen molar-refractivity contribution in [2.45, 2.75) is 11.8 Å². The lowest BCUT2D eigenvalue weighted by Gasteiger charge is -2.21. The Morgan fingerprint density at radius 3 is 2.38 bits per heavy atom. The zero-order valence-corrected chi connectivity index (χ0v) is 15.5. The number of para-hydroxylation sites is 1. The number of carbonyl (C=O) groups is 1. The van der Waals surface area contributed by atoms with Gasteiger partial charge in [-0.05, 0) is 30.7 Å². The molecule has 0 atom stereocenters. The van der Waals surface area contributed by atoms with Crippen molar-refractivity contribution in [3.8, 4) is 0 Å². The number of ether oxygens (including phenoxy) is 1. The molecule has 0 saturated heterocycles. The minimum atomic E-state index is -3.66. The van der Waals surface area contributed by atoms with Gasteiger partial charge in [0.25, 0.3) is 10.0 Å². The van der Waals surface area contributed by atoms with Crippen molar-refractivity contribution in [2.75, 3.05) is 18.0 Å². The number of carbonyl (C=O) groups excluding carboxylic acids is 1.